The predicted octanol–water partition coefficient (Wildman–Crippen LogP) is 1.54. The Labute approximate surface area is 123 Å². The van der Waals surface area contributed by atoms with E-state index in [1.165, 1.54) is 51.9 Å². The minimum atomic E-state index is 0. The minimum Gasteiger partial charge on any atom is -0.382 e. The van der Waals surface area contributed by atoms with E-state index in [0.717, 1.165) is 19.1 Å². The Kier molecular flexibility index (Phi) is 8.99. The van der Waals surface area contributed by atoms with Crippen LogP contribution in [-0.2, 0) is 9.47 Å². The summed E-state index contributed by atoms with van der Waals surface area (Å²) in [4.78, 5) is 2.60. The van der Waals surface area contributed by atoms with Crippen LogP contribution in [0.15, 0.2) is 0 Å². The number of halogens is 1. The molecule has 2 atom stereocenters. The summed E-state index contributed by atoms with van der Waals surface area (Å²) in [5.74, 6) is 0.844. The van der Waals surface area contributed by atoms with E-state index in [1.807, 2.05) is 0 Å². The summed E-state index contributed by atoms with van der Waals surface area (Å²) < 4.78 is 10.9. The van der Waals surface area contributed by atoms with Crippen molar-refractivity contribution < 1.29 is 9.47 Å². The molecule has 2 aliphatic heterocycles. The van der Waals surface area contributed by atoms with Crippen LogP contribution in [0.2, 0.25) is 0 Å². The molecule has 0 aromatic rings. The molecule has 19 heavy (non-hydrogen) atoms. The maximum atomic E-state index is 5.86. The van der Waals surface area contributed by atoms with Gasteiger partial charge in [-0.05, 0) is 51.2 Å². The van der Waals surface area contributed by atoms with Crippen LogP contribution in [0.1, 0.15) is 25.7 Å². The van der Waals surface area contributed by atoms with Gasteiger partial charge in [0.05, 0.1) is 19.3 Å². The molecule has 0 aromatic carbocycles. The molecule has 2 heterocycles. The predicted molar refractivity (Wildman–Crippen MR) is 80.1 cm³/mol. The number of piperidine rings is 2. The van der Waals surface area contributed by atoms with E-state index in [9.17, 15) is 0 Å². The molecular weight excluding hydrogens is 264 g/mol. The summed E-state index contributed by atoms with van der Waals surface area (Å²) in [5.41, 5.74) is 0. The molecule has 0 spiro atoms. The van der Waals surface area contributed by atoms with Crippen molar-refractivity contribution in [3.05, 3.63) is 0 Å². The third-order valence-corrected chi connectivity index (χ3v) is 4.02. The number of hydrogen-bond donors (Lipinski definition) is 1. The van der Waals surface area contributed by atoms with E-state index in [1.54, 1.807) is 7.11 Å². The van der Waals surface area contributed by atoms with Crippen molar-refractivity contribution in [3.63, 3.8) is 0 Å². The Morgan fingerprint density at radius 2 is 2.11 bits per heavy atom. The van der Waals surface area contributed by atoms with Gasteiger partial charge in [-0.15, -0.1) is 12.4 Å². The van der Waals surface area contributed by atoms with Crippen LogP contribution >= 0.6 is 12.4 Å². The molecule has 0 radical (unpaired) electrons. The Morgan fingerprint density at radius 3 is 2.84 bits per heavy atom. The fourth-order valence-corrected chi connectivity index (χ4v) is 3.06. The molecule has 0 aliphatic carbocycles. The molecule has 4 nitrogen and oxygen atoms in total. The van der Waals surface area contributed by atoms with Crippen LogP contribution in [0.25, 0.3) is 0 Å². The summed E-state index contributed by atoms with van der Waals surface area (Å²) in [6.07, 6.45) is 5.64. The molecule has 5 heteroatoms. The molecular formula is C14H29ClN2O2. The highest BCUT2D eigenvalue weighted by molar-refractivity contribution is 5.85. The fraction of sp³-hybridized carbons (Fsp3) is 1.00. The van der Waals surface area contributed by atoms with Crippen LogP contribution in [0, 0.1) is 5.92 Å². The Balaban J connectivity index is 0.00000180. The molecule has 0 amide bonds. The number of ether oxygens (including phenoxy) is 2. The van der Waals surface area contributed by atoms with E-state index in [0.29, 0.717) is 12.7 Å². The average molecular weight is 293 g/mol. The highest BCUT2D eigenvalue weighted by Crippen LogP contribution is 2.17. The van der Waals surface area contributed by atoms with Gasteiger partial charge in [0.1, 0.15) is 0 Å². The van der Waals surface area contributed by atoms with E-state index in [2.05, 4.69) is 10.2 Å². The van der Waals surface area contributed by atoms with Crippen molar-refractivity contribution in [2.75, 3.05) is 53.0 Å². The molecule has 2 saturated heterocycles. The van der Waals surface area contributed by atoms with Crippen molar-refractivity contribution >= 4 is 12.4 Å². The number of likely N-dealkylation sites (tertiary alicyclic amines) is 1. The maximum Gasteiger partial charge on any atom is 0.0704 e. The van der Waals surface area contributed by atoms with Gasteiger partial charge in [0.15, 0.2) is 0 Å². The number of nitrogens with zero attached hydrogens (tertiary/aromatic N) is 1. The molecule has 0 aromatic heterocycles. The first-order chi connectivity index (χ1) is 8.88. The number of hydrogen-bond acceptors (Lipinski definition) is 4. The Morgan fingerprint density at radius 1 is 1.21 bits per heavy atom. The van der Waals surface area contributed by atoms with E-state index >= 15 is 0 Å². The number of nitrogens with one attached hydrogen (secondary N) is 1. The molecule has 114 valence electrons. The zero-order valence-corrected chi connectivity index (χ0v) is 12.9. The first-order valence-electron chi connectivity index (χ1n) is 7.42. The number of rotatable bonds is 6. The molecule has 0 bridgehead atoms. The largest absolute Gasteiger partial charge is 0.382 e. The third-order valence-electron chi connectivity index (χ3n) is 4.02. The lowest BCUT2D eigenvalue weighted by Crippen LogP contribution is -2.45. The molecule has 2 unspecified atom stereocenters. The van der Waals surface area contributed by atoms with Crippen molar-refractivity contribution in [1.29, 1.82) is 0 Å². The highest BCUT2D eigenvalue weighted by atomic mass is 35.5. The van der Waals surface area contributed by atoms with Crippen LogP contribution in [0.3, 0.4) is 0 Å². The van der Waals surface area contributed by atoms with Crippen molar-refractivity contribution in [2.24, 2.45) is 5.92 Å². The van der Waals surface area contributed by atoms with E-state index in [4.69, 9.17) is 9.47 Å². The summed E-state index contributed by atoms with van der Waals surface area (Å²) in [6, 6.07) is 0. The van der Waals surface area contributed by atoms with Crippen LogP contribution in [0.4, 0.5) is 0 Å². The zero-order valence-electron chi connectivity index (χ0n) is 12.1. The zero-order chi connectivity index (χ0) is 12.6. The van der Waals surface area contributed by atoms with Gasteiger partial charge in [-0.25, -0.2) is 0 Å². The van der Waals surface area contributed by atoms with Crippen LogP contribution in [-0.4, -0.2) is 64.1 Å². The van der Waals surface area contributed by atoms with E-state index < -0.39 is 0 Å². The Bertz CT molecular complexity index is 225. The van der Waals surface area contributed by atoms with Gasteiger partial charge in [-0.3, -0.25) is 0 Å². The SMILES string of the molecule is COCCOC1CCCN(CC2CCCNC2)C1.Cl. The molecule has 2 aliphatic rings. The summed E-state index contributed by atoms with van der Waals surface area (Å²) >= 11 is 0. The summed E-state index contributed by atoms with van der Waals surface area (Å²) in [6.45, 7) is 7.46. The first-order valence-corrected chi connectivity index (χ1v) is 7.42. The first kappa shape index (κ1) is 17.2. The van der Waals surface area contributed by atoms with Crippen molar-refractivity contribution in [3.8, 4) is 0 Å². The van der Waals surface area contributed by atoms with Crippen LogP contribution < -0.4 is 5.32 Å². The lowest BCUT2D eigenvalue weighted by molar-refractivity contribution is -0.0240. The topological polar surface area (TPSA) is 33.7 Å². The molecule has 1 N–H and O–H groups in total. The second kappa shape index (κ2) is 9.94. The molecule has 2 fully saturated rings. The highest BCUT2D eigenvalue weighted by Gasteiger charge is 2.23. The molecule has 2 rings (SSSR count). The summed E-state index contributed by atoms with van der Waals surface area (Å²) in [7, 11) is 1.73. The van der Waals surface area contributed by atoms with Gasteiger partial charge in [-0.1, -0.05) is 0 Å². The second-order valence-corrected chi connectivity index (χ2v) is 5.60. The third kappa shape index (κ3) is 6.41. The van der Waals surface area contributed by atoms with Gasteiger partial charge in [0.2, 0.25) is 0 Å². The van der Waals surface area contributed by atoms with Gasteiger partial charge in [0.25, 0.3) is 0 Å². The fourth-order valence-electron chi connectivity index (χ4n) is 3.06. The van der Waals surface area contributed by atoms with Crippen LogP contribution in [0.5, 0.6) is 0 Å². The smallest absolute Gasteiger partial charge is 0.0704 e. The minimum absolute atomic E-state index is 0. The molecule has 0 saturated carbocycles. The lowest BCUT2D eigenvalue weighted by atomic mass is 9.97. The number of methoxy groups -OCH3 is 1. The second-order valence-electron chi connectivity index (χ2n) is 5.60. The van der Waals surface area contributed by atoms with E-state index in [-0.39, 0.29) is 12.4 Å². The van der Waals surface area contributed by atoms with Gasteiger partial charge in [0, 0.05) is 20.2 Å². The van der Waals surface area contributed by atoms with Crippen molar-refractivity contribution in [2.45, 2.75) is 31.8 Å². The van der Waals surface area contributed by atoms with Gasteiger partial charge in [-0.2, -0.15) is 0 Å². The van der Waals surface area contributed by atoms with Gasteiger partial charge >= 0.3 is 0 Å². The lowest BCUT2D eigenvalue weighted by Gasteiger charge is -2.36. The maximum absolute atomic E-state index is 5.86. The van der Waals surface area contributed by atoms with Gasteiger partial charge < -0.3 is 19.7 Å². The van der Waals surface area contributed by atoms with Crippen molar-refractivity contribution in [1.82, 2.24) is 10.2 Å². The normalized spacial score (nSPS) is 28.9. The standard InChI is InChI=1S/C14H28N2O2.ClH/c1-17-8-9-18-14-5-3-7-16(12-14)11-13-4-2-6-15-10-13;/h13-15H,2-12H2,1H3;1H. The summed E-state index contributed by atoms with van der Waals surface area (Å²) in [5, 5.41) is 3.50. The average Bonchev–Trinajstić information content (AvgIpc) is 2.41. The quantitative estimate of drug-likeness (QED) is 0.753. The monoisotopic (exact) mass is 292 g/mol. The Hall–Kier alpha value is 0.130.